The van der Waals surface area contributed by atoms with Crippen molar-refractivity contribution in [3.05, 3.63) is 95.1 Å². The smallest absolute Gasteiger partial charge is 0.407 e. The highest BCUT2D eigenvalue weighted by atomic mass is 32.2. The molecule has 11 nitrogen and oxygen atoms in total. The van der Waals surface area contributed by atoms with Crippen molar-refractivity contribution < 1.29 is 40.7 Å². The van der Waals surface area contributed by atoms with Crippen LogP contribution in [0.25, 0.3) is 0 Å². The Morgan fingerprint density at radius 3 is 2.29 bits per heavy atom. The number of carbonyl (C=O) groups is 2. The molecule has 5 rings (SSSR count). The molecule has 2 aliphatic rings. The first-order valence-corrected chi connectivity index (χ1v) is 17.5. The second kappa shape index (κ2) is 15.9. The highest BCUT2D eigenvalue weighted by Crippen LogP contribution is 2.29. The molecular weight excluding hydrogens is 651 g/mol. The Balaban J connectivity index is 1.13. The monoisotopic (exact) mass is 689 g/mol. The van der Waals surface area contributed by atoms with Crippen LogP contribution >= 0.6 is 0 Å². The molecule has 2 aromatic carbocycles. The fraction of sp³-hybridized carbons (Fsp3) is 0.424. The fourth-order valence-electron chi connectivity index (χ4n) is 5.89. The number of carbonyl (C=O) groups excluding carboxylic acids is 2. The summed E-state index contributed by atoms with van der Waals surface area (Å²) >= 11 is 0. The van der Waals surface area contributed by atoms with Crippen LogP contribution in [0.15, 0.2) is 60.9 Å². The molecule has 1 aromatic heterocycles. The molecule has 4 atom stereocenters. The quantitative estimate of drug-likeness (QED) is 0.224. The lowest BCUT2D eigenvalue weighted by molar-refractivity contribution is -0.117. The fourth-order valence-corrected chi connectivity index (χ4v) is 7.75. The van der Waals surface area contributed by atoms with Gasteiger partial charge in [0.2, 0.25) is 5.91 Å². The van der Waals surface area contributed by atoms with Crippen molar-refractivity contribution in [2.45, 2.75) is 43.4 Å². The number of ether oxygens (including phenoxy) is 2. The van der Waals surface area contributed by atoms with E-state index in [-0.39, 0.29) is 67.0 Å². The minimum absolute atomic E-state index is 0.0494. The molecule has 1 unspecified atom stereocenters. The van der Waals surface area contributed by atoms with Crippen LogP contribution in [0, 0.1) is 23.4 Å². The van der Waals surface area contributed by atoms with E-state index in [2.05, 4.69) is 20.9 Å². The zero-order chi connectivity index (χ0) is 34.3. The Hall–Kier alpha value is -4.05. The molecule has 0 bridgehead atoms. The number of benzene rings is 2. The van der Waals surface area contributed by atoms with E-state index in [9.17, 15) is 26.8 Å². The summed E-state index contributed by atoms with van der Waals surface area (Å²) in [6.07, 6.45) is 2.57. The zero-order valence-electron chi connectivity index (χ0n) is 26.0. The standard InChI is InChI=1S/C33H38F3N5O6S/c34-23-5-1-21(2-6-23)30(22-3-7-24(35)8-4-22)31(37)32(42)41-29-16-38-15-28(36)27(29)10-9-26-14-39-25(17-46-26)18-47-33(43)40-13-20-11-12-48(44,45)19-20/h1-8,15-16,20,25-26,30-31,39H,9-14,17-19,37H2,(H,40,43)(H,41,42)/t20?,25-,26+,31-/m0/s1. The second-order valence-corrected chi connectivity index (χ2v) is 14.3. The summed E-state index contributed by atoms with van der Waals surface area (Å²) in [5, 5.41) is 8.55. The number of morpholine rings is 1. The lowest BCUT2D eigenvalue weighted by Crippen LogP contribution is -2.49. The van der Waals surface area contributed by atoms with Gasteiger partial charge in [0, 0.05) is 24.6 Å². The van der Waals surface area contributed by atoms with Crippen LogP contribution in [-0.2, 0) is 30.5 Å². The van der Waals surface area contributed by atoms with Gasteiger partial charge in [-0.3, -0.25) is 9.78 Å². The molecule has 0 aliphatic carbocycles. The number of halogens is 3. The van der Waals surface area contributed by atoms with E-state index < -0.39 is 51.2 Å². The van der Waals surface area contributed by atoms with Gasteiger partial charge in [0.25, 0.3) is 0 Å². The lowest BCUT2D eigenvalue weighted by Gasteiger charge is -2.30. The van der Waals surface area contributed by atoms with E-state index in [0.29, 0.717) is 30.5 Å². The summed E-state index contributed by atoms with van der Waals surface area (Å²) in [6, 6.07) is 9.52. The molecule has 3 aromatic rings. The number of amides is 2. The van der Waals surface area contributed by atoms with Gasteiger partial charge in [-0.25, -0.2) is 26.4 Å². The average Bonchev–Trinajstić information content (AvgIpc) is 3.43. The summed E-state index contributed by atoms with van der Waals surface area (Å²) in [7, 11) is -3.02. The third-order valence-corrected chi connectivity index (χ3v) is 10.4. The van der Waals surface area contributed by atoms with E-state index in [1.54, 1.807) is 0 Å². The van der Waals surface area contributed by atoms with Gasteiger partial charge in [-0.05, 0) is 60.6 Å². The minimum Gasteiger partial charge on any atom is -0.448 e. The summed E-state index contributed by atoms with van der Waals surface area (Å²) in [6.45, 7) is 0.932. The molecule has 2 aliphatic heterocycles. The number of sulfone groups is 1. The van der Waals surface area contributed by atoms with Crippen LogP contribution in [0.3, 0.4) is 0 Å². The maximum absolute atomic E-state index is 15.0. The van der Waals surface area contributed by atoms with Crippen LogP contribution in [0.2, 0.25) is 0 Å². The summed E-state index contributed by atoms with van der Waals surface area (Å²) in [4.78, 5) is 29.4. The Morgan fingerprint density at radius 1 is 1.04 bits per heavy atom. The van der Waals surface area contributed by atoms with Crippen molar-refractivity contribution in [3.8, 4) is 0 Å². The number of nitrogens with zero attached hydrogens (tertiary/aromatic N) is 1. The molecule has 48 heavy (non-hydrogen) atoms. The molecule has 0 radical (unpaired) electrons. The van der Waals surface area contributed by atoms with Crippen LogP contribution in [-0.4, -0.2) is 81.4 Å². The van der Waals surface area contributed by atoms with E-state index in [1.807, 2.05) is 0 Å². The van der Waals surface area contributed by atoms with E-state index in [4.69, 9.17) is 15.2 Å². The van der Waals surface area contributed by atoms with Crippen molar-refractivity contribution in [1.29, 1.82) is 0 Å². The van der Waals surface area contributed by atoms with Crippen LogP contribution < -0.4 is 21.7 Å². The van der Waals surface area contributed by atoms with Crippen molar-refractivity contribution in [3.63, 3.8) is 0 Å². The summed E-state index contributed by atoms with van der Waals surface area (Å²) in [5.74, 6) is -2.87. The number of nitrogens with two attached hydrogens (primary N) is 1. The molecule has 2 amide bonds. The molecule has 2 saturated heterocycles. The molecule has 15 heteroatoms. The first-order chi connectivity index (χ1) is 23.0. The van der Waals surface area contributed by atoms with E-state index in [1.165, 1.54) is 54.7 Å². The molecular formula is C33H38F3N5O6S. The zero-order valence-corrected chi connectivity index (χ0v) is 26.9. The summed E-state index contributed by atoms with van der Waals surface area (Å²) < 4.78 is 76.6. The Bertz CT molecular complexity index is 1630. The number of anilines is 1. The number of aromatic nitrogens is 1. The van der Waals surface area contributed by atoms with E-state index >= 15 is 4.39 Å². The highest BCUT2D eigenvalue weighted by Gasteiger charge is 2.30. The molecule has 0 spiro atoms. The molecule has 2 fully saturated rings. The van der Waals surface area contributed by atoms with Gasteiger partial charge in [-0.2, -0.15) is 0 Å². The van der Waals surface area contributed by atoms with Gasteiger partial charge in [0.15, 0.2) is 9.84 Å². The van der Waals surface area contributed by atoms with Gasteiger partial charge in [0.05, 0.1) is 54.4 Å². The number of rotatable bonds is 12. The molecule has 5 N–H and O–H groups in total. The van der Waals surface area contributed by atoms with Crippen molar-refractivity contribution in [2.24, 2.45) is 11.7 Å². The van der Waals surface area contributed by atoms with Gasteiger partial charge < -0.3 is 31.2 Å². The Kier molecular flexibility index (Phi) is 11.7. The highest BCUT2D eigenvalue weighted by molar-refractivity contribution is 7.91. The first kappa shape index (κ1) is 35.3. The maximum atomic E-state index is 15.0. The predicted molar refractivity (Wildman–Crippen MR) is 171 cm³/mol. The SMILES string of the molecule is N[C@H](C(=O)Nc1cncc(F)c1CC[C@@H]1CN[C@H](COC(=O)NCC2CCS(=O)(=O)C2)CO1)C(c1ccc(F)cc1)c1ccc(F)cc1. The van der Waals surface area contributed by atoms with Crippen molar-refractivity contribution in [1.82, 2.24) is 15.6 Å². The van der Waals surface area contributed by atoms with Crippen molar-refractivity contribution in [2.75, 3.05) is 43.1 Å². The number of pyridine rings is 1. The second-order valence-electron chi connectivity index (χ2n) is 12.1. The van der Waals surface area contributed by atoms with Gasteiger partial charge in [-0.15, -0.1) is 0 Å². The van der Waals surface area contributed by atoms with Gasteiger partial charge in [0.1, 0.15) is 24.1 Å². The lowest BCUT2D eigenvalue weighted by atomic mass is 9.85. The average molecular weight is 690 g/mol. The predicted octanol–water partition coefficient (Wildman–Crippen LogP) is 3.05. The van der Waals surface area contributed by atoms with Gasteiger partial charge >= 0.3 is 6.09 Å². The third kappa shape index (κ3) is 9.52. The largest absolute Gasteiger partial charge is 0.448 e. The topological polar surface area (TPSA) is 162 Å². The number of nitrogens with one attached hydrogen (secondary N) is 3. The normalized spacial score (nSPS) is 21.1. The van der Waals surface area contributed by atoms with E-state index in [0.717, 1.165) is 6.20 Å². The van der Waals surface area contributed by atoms with Crippen LogP contribution in [0.5, 0.6) is 0 Å². The molecule has 0 saturated carbocycles. The van der Waals surface area contributed by atoms with Gasteiger partial charge in [-0.1, -0.05) is 24.3 Å². The minimum atomic E-state index is -3.02. The number of alkyl carbamates (subject to hydrolysis) is 1. The summed E-state index contributed by atoms with van der Waals surface area (Å²) in [5.41, 5.74) is 7.87. The Labute approximate surface area is 276 Å². The third-order valence-electron chi connectivity index (χ3n) is 8.54. The van der Waals surface area contributed by atoms with Crippen LogP contribution in [0.4, 0.5) is 23.7 Å². The van der Waals surface area contributed by atoms with Crippen LogP contribution in [0.1, 0.15) is 35.4 Å². The number of hydrogen-bond donors (Lipinski definition) is 4. The Morgan fingerprint density at radius 2 is 1.71 bits per heavy atom. The maximum Gasteiger partial charge on any atom is 0.407 e. The van der Waals surface area contributed by atoms with Crippen molar-refractivity contribution >= 4 is 27.5 Å². The molecule has 3 heterocycles. The molecule has 258 valence electrons. The first-order valence-electron chi connectivity index (χ1n) is 15.6. The number of hydrogen-bond acceptors (Lipinski definition) is 9.